The van der Waals surface area contributed by atoms with Crippen LogP contribution >= 0.6 is 0 Å². The molecule has 4 heteroatoms. The van der Waals surface area contributed by atoms with E-state index >= 15 is 0 Å². The van der Waals surface area contributed by atoms with Crippen molar-refractivity contribution in [2.75, 3.05) is 0 Å². The number of hydrogen-bond acceptors (Lipinski definition) is 3. The van der Waals surface area contributed by atoms with Crippen molar-refractivity contribution >= 4 is 6.09 Å². The maximum absolute atomic E-state index is 11.6. The summed E-state index contributed by atoms with van der Waals surface area (Å²) in [6.45, 7) is 5.59. The van der Waals surface area contributed by atoms with Crippen LogP contribution in [0.1, 0.15) is 46.5 Å². The maximum Gasteiger partial charge on any atom is 0.407 e. The zero-order valence-corrected chi connectivity index (χ0v) is 10.9. The van der Waals surface area contributed by atoms with Gasteiger partial charge in [-0.05, 0) is 58.3 Å². The molecular weight excluding hydrogens is 218 g/mol. The van der Waals surface area contributed by atoms with Crippen LogP contribution in [0.3, 0.4) is 0 Å². The standard InChI is InChI=1S/C13H23NO3/c1-13(2,3)17-12(16)14-10-6-8-4-5-9(7-10)11(8)15/h8-11,15H,4-7H2,1-3H3,(H,14,16). The quantitative estimate of drug-likeness (QED) is 0.738. The van der Waals surface area contributed by atoms with E-state index in [0.717, 1.165) is 25.7 Å². The first kappa shape index (κ1) is 12.7. The summed E-state index contributed by atoms with van der Waals surface area (Å²) in [6, 6.07) is 0.172. The summed E-state index contributed by atoms with van der Waals surface area (Å²) >= 11 is 0. The van der Waals surface area contributed by atoms with Crippen molar-refractivity contribution in [3.8, 4) is 0 Å². The van der Waals surface area contributed by atoms with E-state index in [1.165, 1.54) is 0 Å². The smallest absolute Gasteiger partial charge is 0.407 e. The van der Waals surface area contributed by atoms with Crippen LogP contribution in [0.15, 0.2) is 0 Å². The molecule has 2 unspecified atom stereocenters. The molecule has 0 aromatic carbocycles. The van der Waals surface area contributed by atoms with Crippen LogP contribution in [-0.4, -0.2) is 28.9 Å². The first-order valence-electron chi connectivity index (χ1n) is 6.53. The predicted octanol–water partition coefficient (Wildman–Crippen LogP) is 2.06. The molecule has 2 aliphatic rings. The summed E-state index contributed by atoms with van der Waals surface area (Å²) in [5.74, 6) is 0.738. The molecule has 2 bridgehead atoms. The molecule has 98 valence electrons. The molecule has 0 aliphatic heterocycles. The second-order valence-electron chi connectivity index (χ2n) is 6.40. The Hall–Kier alpha value is -0.770. The second kappa shape index (κ2) is 4.48. The highest BCUT2D eigenvalue weighted by molar-refractivity contribution is 5.68. The Kier molecular flexibility index (Phi) is 3.34. The lowest BCUT2D eigenvalue weighted by Gasteiger charge is -2.33. The summed E-state index contributed by atoms with van der Waals surface area (Å²) < 4.78 is 5.25. The van der Waals surface area contributed by atoms with Gasteiger partial charge in [-0.3, -0.25) is 0 Å². The molecule has 0 saturated heterocycles. The number of carbonyl (C=O) groups excluding carboxylic acids is 1. The van der Waals surface area contributed by atoms with Gasteiger partial charge in [-0.25, -0.2) is 4.79 Å². The normalized spacial score (nSPS) is 36.7. The number of rotatable bonds is 1. The molecule has 2 saturated carbocycles. The summed E-state index contributed by atoms with van der Waals surface area (Å²) in [7, 11) is 0. The number of hydrogen-bond donors (Lipinski definition) is 2. The van der Waals surface area contributed by atoms with Crippen LogP contribution in [0.25, 0.3) is 0 Å². The minimum atomic E-state index is -0.447. The lowest BCUT2D eigenvalue weighted by atomic mass is 9.83. The zero-order valence-electron chi connectivity index (χ0n) is 10.9. The van der Waals surface area contributed by atoms with Crippen molar-refractivity contribution in [1.29, 1.82) is 0 Å². The van der Waals surface area contributed by atoms with Gasteiger partial charge in [0.25, 0.3) is 0 Å². The number of ether oxygens (including phenoxy) is 1. The van der Waals surface area contributed by atoms with Gasteiger partial charge in [-0.2, -0.15) is 0 Å². The minimum absolute atomic E-state index is 0.147. The largest absolute Gasteiger partial charge is 0.444 e. The van der Waals surface area contributed by atoms with E-state index in [1.807, 2.05) is 20.8 Å². The Morgan fingerprint density at radius 2 is 1.76 bits per heavy atom. The van der Waals surface area contributed by atoms with E-state index in [-0.39, 0.29) is 18.2 Å². The lowest BCUT2D eigenvalue weighted by Crippen LogP contribution is -2.45. The summed E-state index contributed by atoms with van der Waals surface area (Å²) in [4.78, 5) is 11.6. The lowest BCUT2D eigenvalue weighted by molar-refractivity contribution is 0.0305. The molecular formula is C13H23NO3. The SMILES string of the molecule is CC(C)(C)OC(=O)NC1CC2CCC(C1)C2O. The van der Waals surface area contributed by atoms with Crippen LogP contribution in [0.5, 0.6) is 0 Å². The molecule has 0 heterocycles. The number of carbonyl (C=O) groups is 1. The topological polar surface area (TPSA) is 58.6 Å². The van der Waals surface area contributed by atoms with Gasteiger partial charge in [-0.1, -0.05) is 0 Å². The molecule has 0 radical (unpaired) electrons. The maximum atomic E-state index is 11.6. The molecule has 2 rings (SSSR count). The third kappa shape index (κ3) is 3.12. The Morgan fingerprint density at radius 3 is 2.24 bits per heavy atom. The van der Waals surface area contributed by atoms with E-state index in [9.17, 15) is 9.90 Å². The average molecular weight is 241 g/mol. The second-order valence-corrected chi connectivity index (χ2v) is 6.40. The third-order valence-corrected chi connectivity index (χ3v) is 3.77. The van der Waals surface area contributed by atoms with Crippen molar-refractivity contribution in [1.82, 2.24) is 5.32 Å². The number of nitrogens with one attached hydrogen (secondary N) is 1. The summed E-state index contributed by atoms with van der Waals surface area (Å²) in [6.07, 6.45) is 3.48. The highest BCUT2D eigenvalue weighted by atomic mass is 16.6. The molecule has 17 heavy (non-hydrogen) atoms. The number of fused-ring (bicyclic) bond motifs is 2. The molecule has 2 aliphatic carbocycles. The predicted molar refractivity (Wildman–Crippen MR) is 64.6 cm³/mol. The average Bonchev–Trinajstić information content (AvgIpc) is 2.42. The van der Waals surface area contributed by atoms with Crippen LogP contribution in [0.4, 0.5) is 4.79 Å². The van der Waals surface area contributed by atoms with Gasteiger partial charge in [0, 0.05) is 6.04 Å². The van der Waals surface area contributed by atoms with E-state index in [2.05, 4.69) is 5.32 Å². The zero-order chi connectivity index (χ0) is 12.6. The first-order chi connectivity index (χ1) is 7.85. The number of alkyl carbamates (subject to hydrolysis) is 1. The Balaban J connectivity index is 1.83. The van der Waals surface area contributed by atoms with Crippen molar-refractivity contribution < 1.29 is 14.6 Å². The molecule has 2 fully saturated rings. The molecule has 0 aromatic heterocycles. The number of amides is 1. The van der Waals surface area contributed by atoms with Crippen LogP contribution in [0, 0.1) is 11.8 Å². The molecule has 0 aromatic rings. The van der Waals surface area contributed by atoms with Crippen molar-refractivity contribution in [3.63, 3.8) is 0 Å². The Bertz CT molecular complexity index is 284. The monoisotopic (exact) mass is 241 g/mol. The van der Waals surface area contributed by atoms with Crippen LogP contribution in [-0.2, 0) is 4.74 Å². The molecule has 0 spiro atoms. The fourth-order valence-corrected chi connectivity index (χ4v) is 3.09. The highest BCUT2D eigenvalue weighted by Gasteiger charge is 2.42. The summed E-state index contributed by atoms with van der Waals surface area (Å²) in [5.41, 5.74) is -0.447. The van der Waals surface area contributed by atoms with E-state index in [1.54, 1.807) is 0 Å². The fourth-order valence-electron chi connectivity index (χ4n) is 3.09. The van der Waals surface area contributed by atoms with Gasteiger partial charge in [0.1, 0.15) is 5.60 Å². The van der Waals surface area contributed by atoms with Crippen molar-refractivity contribution in [3.05, 3.63) is 0 Å². The van der Waals surface area contributed by atoms with E-state index in [0.29, 0.717) is 11.8 Å². The van der Waals surface area contributed by atoms with Gasteiger partial charge in [0.2, 0.25) is 0 Å². The van der Waals surface area contributed by atoms with Gasteiger partial charge < -0.3 is 15.2 Å². The molecule has 1 amide bonds. The Labute approximate surface area is 103 Å². The number of aliphatic hydroxyl groups is 1. The fraction of sp³-hybridized carbons (Fsp3) is 0.923. The van der Waals surface area contributed by atoms with E-state index in [4.69, 9.17) is 4.74 Å². The third-order valence-electron chi connectivity index (χ3n) is 3.77. The minimum Gasteiger partial charge on any atom is -0.444 e. The van der Waals surface area contributed by atoms with Crippen LogP contribution in [0.2, 0.25) is 0 Å². The van der Waals surface area contributed by atoms with Gasteiger partial charge in [0.05, 0.1) is 6.10 Å². The molecule has 2 atom stereocenters. The number of aliphatic hydroxyl groups excluding tert-OH is 1. The highest BCUT2D eigenvalue weighted by Crippen LogP contribution is 2.42. The van der Waals surface area contributed by atoms with Gasteiger partial charge in [-0.15, -0.1) is 0 Å². The van der Waals surface area contributed by atoms with Crippen molar-refractivity contribution in [2.45, 2.75) is 64.2 Å². The van der Waals surface area contributed by atoms with Gasteiger partial charge >= 0.3 is 6.09 Å². The first-order valence-corrected chi connectivity index (χ1v) is 6.53. The Morgan fingerprint density at radius 1 is 1.24 bits per heavy atom. The molecule has 4 nitrogen and oxygen atoms in total. The molecule has 2 N–H and O–H groups in total. The van der Waals surface area contributed by atoms with Crippen LogP contribution < -0.4 is 5.32 Å². The van der Waals surface area contributed by atoms with E-state index < -0.39 is 5.60 Å². The summed E-state index contributed by atoms with van der Waals surface area (Å²) in [5, 5.41) is 12.8. The van der Waals surface area contributed by atoms with Gasteiger partial charge in [0.15, 0.2) is 0 Å². The van der Waals surface area contributed by atoms with Crippen molar-refractivity contribution in [2.24, 2.45) is 11.8 Å².